The number of hydrogen-bond donors (Lipinski definition) is 2. The lowest BCUT2D eigenvalue weighted by Crippen LogP contribution is -2.30. The SMILES string of the molecule is Cc1cc(C)c([C@@H](C)NC(=O)CCc2ccc(S(=O)(=O)NC(C)C)cc2)cc1C. The van der Waals surface area contributed by atoms with Gasteiger partial charge in [0.15, 0.2) is 0 Å². The van der Waals surface area contributed by atoms with Crippen LogP contribution in [0.3, 0.4) is 0 Å². The Balaban J connectivity index is 1.95. The Bertz CT molecular complexity index is 964. The second-order valence-corrected chi connectivity index (χ2v) is 9.72. The third-order valence-corrected chi connectivity index (χ3v) is 6.67. The van der Waals surface area contributed by atoms with Crippen LogP contribution >= 0.6 is 0 Å². The first kappa shape index (κ1) is 23.1. The van der Waals surface area contributed by atoms with E-state index >= 15 is 0 Å². The highest BCUT2D eigenvalue weighted by atomic mass is 32.2. The number of hydrogen-bond acceptors (Lipinski definition) is 3. The van der Waals surface area contributed by atoms with Gasteiger partial charge in [0.1, 0.15) is 0 Å². The minimum absolute atomic E-state index is 0.0201. The van der Waals surface area contributed by atoms with Crippen LogP contribution < -0.4 is 10.0 Å². The van der Waals surface area contributed by atoms with E-state index in [1.807, 2.05) is 6.92 Å². The number of benzene rings is 2. The average molecular weight is 417 g/mol. The van der Waals surface area contributed by atoms with E-state index < -0.39 is 10.0 Å². The molecule has 2 aromatic rings. The van der Waals surface area contributed by atoms with E-state index in [2.05, 4.69) is 42.9 Å². The molecule has 0 fully saturated rings. The van der Waals surface area contributed by atoms with Crippen molar-refractivity contribution in [2.24, 2.45) is 0 Å². The molecule has 0 spiro atoms. The lowest BCUT2D eigenvalue weighted by Gasteiger charge is -2.18. The van der Waals surface area contributed by atoms with Gasteiger partial charge in [-0.15, -0.1) is 0 Å². The fraction of sp³-hybridized carbons (Fsp3) is 0.435. The normalized spacial score (nSPS) is 12.8. The molecule has 5 nitrogen and oxygen atoms in total. The van der Waals surface area contributed by atoms with E-state index in [0.29, 0.717) is 12.8 Å². The smallest absolute Gasteiger partial charge is 0.240 e. The van der Waals surface area contributed by atoms with Gasteiger partial charge < -0.3 is 5.32 Å². The zero-order valence-corrected chi connectivity index (χ0v) is 19.0. The van der Waals surface area contributed by atoms with Crippen molar-refractivity contribution in [2.75, 3.05) is 0 Å². The molecule has 0 aliphatic carbocycles. The number of sulfonamides is 1. The minimum atomic E-state index is -3.49. The van der Waals surface area contributed by atoms with Gasteiger partial charge in [-0.05, 0) is 87.9 Å². The zero-order chi connectivity index (χ0) is 21.8. The van der Waals surface area contributed by atoms with Gasteiger partial charge in [0, 0.05) is 12.5 Å². The fourth-order valence-corrected chi connectivity index (χ4v) is 4.56. The van der Waals surface area contributed by atoms with Crippen molar-refractivity contribution in [2.45, 2.75) is 71.4 Å². The molecular weight excluding hydrogens is 384 g/mol. The first-order valence-electron chi connectivity index (χ1n) is 9.98. The van der Waals surface area contributed by atoms with E-state index in [4.69, 9.17) is 0 Å². The molecule has 2 aromatic carbocycles. The minimum Gasteiger partial charge on any atom is -0.350 e. The van der Waals surface area contributed by atoms with E-state index in [1.54, 1.807) is 38.1 Å². The van der Waals surface area contributed by atoms with Crippen LogP contribution in [0.2, 0.25) is 0 Å². The molecule has 158 valence electrons. The maximum atomic E-state index is 12.4. The average Bonchev–Trinajstić information content (AvgIpc) is 2.62. The van der Waals surface area contributed by atoms with Crippen LogP contribution in [0, 0.1) is 20.8 Å². The monoisotopic (exact) mass is 416 g/mol. The Morgan fingerprint density at radius 1 is 0.931 bits per heavy atom. The highest BCUT2D eigenvalue weighted by Gasteiger charge is 2.16. The quantitative estimate of drug-likeness (QED) is 0.680. The molecule has 0 aromatic heterocycles. The standard InChI is InChI=1S/C23H32N2O3S/c1-15(2)25-29(27,28)21-10-7-20(8-11-21)9-12-23(26)24-19(6)22-14-17(4)16(3)13-18(22)5/h7-8,10-11,13-15,19,25H,9,12H2,1-6H3,(H,24,26)/t19-/m1/s1. The zero-order valence-electron chi connectivity index (χ0n) is 18.2. The maximum Gasteiger partial charge on any atom is 0.240 e. The van der Waals surface area contributed by atoms with Crippen molar-refractivity contribution in [3.05, 3.63) is 64.2 Å². The fourth-order valence-electron chi connectivity index (χ4n) is 3.31. The summed E-state index contributed by atoms with van der Waals surface area (Å²) in [6, 6.07) is 10.8. The first-order chi connectivity index (χ1) is 13.5. The van der Waals surface area contributed by atoms with Gasteiger partial charge in [-0.3, -0.25) is 4.79 Å². The Kier molecular flexibility index (Phi) is 7.60. The molecular formula is C23H32N2O3S. The molecule has 0 aliphatic rings. The molecule has 0 saturated carbocycles. The highest BCUT2D eigenvalue weighted by Crippen LogP contribution is 2.22. The van der Waals surface area contributed by atoms with Crippen molar-refractivity contribution < 1.29 is 13.2 Å². The summed E-state index contributed by atoms with van der Waals surface area (Å²) in [4.78, 5) is 12.6. The van der Waals surface area contributed by atoms with Gasteiger partial charge in [0.2, 0.25) is 15.9 Å². The Hall–Kier alpha value is -2.18. The van der Waals surface area contributed by atoms with Crippen LogP contribution in [-0.4, -0.2) is 20.4 Å². The molecule has 0 heterocycles. The van der Waals surface area contributed by atoms with Crippen molar-refractivity contribution >= 4 is 15.9 Å². The van der Waals surface area contributed by atoms with Crippen LogP contribution in [0.25, 0.3) is 0 Å². The van der Waals surface area contributed by atoms with Crippen LogP contribution in [0.4, 0.5) is 0 Å². The van der Waals surface area contributed by atoms with Crippen LogP contribution in [0.1, 0.15) is 61.1 Å². The summed E-state index contributed by atoms with van der Waals surface area (Å²) < 4.78 is 26.9. The van der Waals surface area contributed by atoms with E-state index in [1.165, 1.54) is 16.7 Å². The molecule has 2 rings (SSSR count). The van der Waals surface area contributed by atoms with Crippen molar-refractivity contribution in [1.82, 2.24) is 10.0 Å². The Labute approximate surface area is 175 Å². The van der Waals surface area contributed by atoms with Crippen molar-refractivity contribution in [3.8, 4) is 0 Å². The van der Waals surface area contributed by atoms with Crippen LogP contribution in [-0.2, 0) is 21.2 Å². The molecule has 0 aliphatic heterocycles. The number of rotatable bonds is 8. The third-order valence-electron chi connectivity index (χ3n) is 4.99. The number of carbonyl (C=O) groups excluding carboxylic acids is 1. The number of nitrogens with one attached hydrogen (secondary N) is 2. The van der Waals surface area contributed by atoms with Gasteiger partial charge in [-0.25, -0.2) is 13.1 Å². The third kappa shape index (κ3) is 6.41. The Morgan fingerprint density at radius 3 is 2.10 bits per heavy atom. The molecule has 6 heteroatoms. The molecule has 0 bridgehead atoms. The number of aryl methyl sites for hydroxylation is 4. The van der Waals surface area contributed by atoms with E-state index in [0.717, 1.165) is 11.1 Å². The predicted octanol–water partition coefficient (Wildman–Crippen LogP) is 4.11. The number of carbonyl (C=O) groups is 1. The molecule has 2 N–H and O–H groups in total. The van der Waals surface area contributed by atoms with Crippen LogP contribution in [0.5, 0.6) is 0 Å². The van der Waals surface area contributed by atoms with Gasteiger partial charge >= 0.3 is 0 Å². The molecule has 0 radical (unpaired) electrons. The van der Waals surface area contributed by atoms with Gasteiger partial charge in [-0.2, -0.15) is 0 Å². The summed E-state index contributed by atoms with van der Waals surface area (Å²) in [7, 11) is -3.49. The summed E-state index contributed by atoms with van der Waals surface area (Å²) in [6.07, 6.45) is 0.910. The van der Waals surface area contributed by atoms with E-state index in [9.17, 15) is 13.2 Å². The second kappa shape index (κ2) is 9.55. The van der Waals surface area contributed by atoms with Gasteiger partial charge in [-0.1, -0.05) is 24.3 Å². The summed E-state index contributed by atoms with van der Waals surface area (Å²) in [5.74, 6) is -0.0201. The summed E-state index contributed by atoms with van der Waals surface area (Å²) in [6.45, 7) is 11.8. The van der Waals surface area contributed by atoms with Crippen molar-refractivity contribution in [3.63, 3.8) is 0 Å². The summed E-state index contributed by atoms with van der Waals surface area (Å²) in [5.41, 5.74) is 5.70. The first-order valence-corrected chi connectivity index (χ1v) is 11.5. The molecule has 0 saturated heterocycles. The maximum absolute atomic E-state index is 12.4. The molecule has 1 amide bonds. The largest absolute Gasteiger partial charge is 0.350 e. The molecule has 29 heavy (non-hydrogen) atoms. The van der Waals surface area contributed by atoms with Crippen LogP contribution in [0.15, 0.2) is 41.3 Å². The molecule has 0 unspecified atom stereocenters. The number of amides is 1. The second-order valence-electron chi connectivity index (χ2n) is 8.00. The lowest BCUT2D eigenvalue weighted by atomic mass is 9.96. The van der Waals surface area contributed by atoms with Crippen molar-refractivity contribution in [1.29, 1.82) is 0 Å². The van der Waals surface area contributed by atoms with Gasteiger partial charge in [0.05, 0.1) is 10.9 Å². The molecule has 1 atom stereocenters. The summed E-state index contributed by atoms with van der Waals surface area (Å²) >= 11 is 0. The topological polar surface area (TPSA) is 75.3 Å². The lowest BCUT2D eigenvalue weighted by molar-refractivity contribution is -0.121. The van der Waals surface area contributed by atoms with Gasteiger partial charge in [0.25, 0.3) is 0 Å². The van der Waals surface area contributed by atoms with E-state index in [-0.39, 0.29) is 22.9 Å². The summed E-state index contributed by atoms with van der Waals surface area (Å²) in [5, 5.41) is 3.07. The highest BCUT2D eigenvalue weighted by molar-refractivity contribution is 7.89. The predicted molar refractivity (Wildman–Crippen MR) is 117 cm³/mol. The Morgan fingerprint density at radius 2 is 1.52 bits per heavy atom.